The zero-order valence-corrected chi connectivity index (χ0v) is 29.4. The van der Waals surface area contributed by atoms with Crippen LogP contribution in [-0.4, -0.2) is 78.2 Å². The monoisotopic (exact) mass is 741 g/mol. The van der Waals surface area contributed by atoms with Crippen molar-refractivity contribution in [2.45, 2.75) is 57.7 Å². The number of hydrogen-bond donors (Lipinski definition) is 2. The molecule has 2 saturated heterocycles. The van der Waals surface area contributed by atoms with Crippen LogP contribution in [0, 0.1) is 5.92 Å². The molecule has 2 aliphatic heterocycles. The molecule has 0 bridgehead atoms. The van der Waals surface area contributed by atoms with Crippen LogP contribution in [-0.2, 0) is 22.3 Å². The van der Waals surface area contributed by atoms with Gasteiger partial charge >= 0.3 is 12.4 Å². The van der Waals surface area contributed by atoms with Crippen LogP contribution in [0.3, 0.4) is 0 Å². The van der Waals surface area contributed by atoms with Gasteiger partial charge in [0.05, 0.1) is 35.6 Å². The van der Waals surface area contributed by atoms with Crippen LogP contribution >= 0.6 is 0 Å². The Balaban J connectivity index is 1.51. The Kier molecular flexibility index (Phi) is 11.4. The highest BCUT2D eigenvalue weighted by Gasteiger charge is 2.43. The largest absolute Gasteiger partial charge is 0.416 e. The molecular formula is C39H41F6N5O3. The number of benzene rings is 3. The molecule has 0 aliphatic carbocycles. The van der Waals surface area contributed by atoms with Gasteiger partial charge in [0.15, 0.2) is 6.04 Å². The van der Waals surface area contributed by atoms with Crippen molar-refractivity contribution >= 4 is 28.4 Å². The minimum Gasteiger partial charge on any atom is -0.379 e. The van der Waals surface area contributed by atoms with Crippen molar-refractivity contribution in [1.82, 2.24) is 20.1 Å². The smallest absolute Gasteiger partial charge is 0.379 e. The van der Waals surface area contributed by atoms with E-state index in [-0.39, 0.29) is 57.0 Å². The van der Waals surface area contributed by atoms with Gasteiger partial charge in [0.1, 0.15) is 0 Å². The van der Waals surface area contributed by atoms with Gasteiger partial charge in [-0.25, -0.2) is 4.98 Å². The fraction of sp³-hybridized carbons (Fsp3) is 0.410. The molecule has 53 heavy (non-hydrogen) atoms. The number of pyridine rings is 1. The summed E-state index contributed by atoms with van der Waals surface area (Å²) in [6, 6.07) is 13.9. The number of ether oxygens (including phenoxy) is 1. The average molecular weight is 742 g/mol. The topological polar surface area (TPSA) is 86.8 Å². The molecule has 4 aromatic rings. The number of fused-ring (bicyclic) bond motifs is 1. The molecule has 1 unspecified atom stereocenters. The van der Waals surface area contributed by atoms with Crippen molar-refractivity contribution in [2.24, 2.45) is 5.92 Å². The molecule has 3 aromatic carbocycles. The number of piperidine rings is 1. The van der Waals surface area contributed by atoms with Crippen LogP contribution in [0.2, 0.25) is 0 Å². The summed E-state index contributed by atoms with van der Waals surface area (Å²) in [5.41, 5.74) is -0.568. The number of carbonyl (C=O) groups is 2. The maximum Gasteiger partial charge on any atom is 0.416 e. The zero-order valence-electron chi connectivity index (χ0n) is 29.4. The molecule has 282 valence electrons. The molecule has 1 aromatic heterocycles. The van der Waals surface area contributed by atoms with Crippen LogP contribution in [0.5, 0.6) is 0 Å². The van der Waals surface area contributed by atoms with E-state index >= 15 is 0 Å². The number of aromatic nitrogens is 1. The standard InChI is InChI=1S/C39H41F6N5O3/c1-24(2)36(51)46-28-11-12-32-30(22-28)33(37(52)48-35(39(43,44)45)25-7-4-3-5-8-25)31(34(47-32)26-9-6-10-27(21-26)38(40,41)42)23-49-15-13-29(14-16-49)50-17-19-53-20-18-50/h3-12,21-22,24,29,35H,13-20,23H2,1-2H3,(H,46,51)(H,48,52). The summed E-state index contributed by atoms with van der Waals surface area (Å²) in [4.78, 5) is 36.4. The molecule has 2 N–H and O–H groups in total. The lowest BCUT2D eigenvalue weighted by Crippen LogP contribution is -2.48. The molecule has 0 saturated carbocycles. The molecule has 2 aliphatic rings. The summed E-state index contributed by atoms with van der Waals surface area (Å²) in [6.45, 7) is 7.45. The minimum atomic E-state index is -4.89. The van der Waals surface area contributed by atoms with E-state index in [1.54, 1.807) is 19.9 Å². The van der Waals surface area contributed by atoms with Crippen molar-refractivity contribution in [3.8, 4) is 11.3 Å². The van der Waals surface area contributed by atoms with Gasteiger partial charge < -0.3 is 15.4 Å². The van der Waals surface area contributed by atoms with E-state index in [0.29, 0.717) is 32.3 Å². The minimum absolute atomic E-state index is 0.0255. The fourth-order valence-electron chi connectivity index (χ4n) is 6.97. The summed E-state index contributed by atoms with van der Waals surface area (Å²) in [5.74, 6) is -1.81. The van der Waals surface area contributed by atoms with E-state index < -0.39 is 35.8 Å². The van der Waals surface area contributed by atoms with Crippen molar-refractivity contribution in [3.63, 3.8) is 0 Å². The number of amides is 2. The molecule has 2 fully saturated rings. The van der Waals surface area contributed by atoms with Crippen LogP contribution in [0.15, 0.2) is 72.8 Å². The summed E-state index contributed by atoms with van der Waals surface area (Å²) in [7, 11) is 0. The number of anilines is 1. The summed E-state index contributed by atoms with van der Waals surface area (Å²) in [5, 5.41) is 5.12. The second-order valence-electron chi connectivity index (χ2n) is 13.8. The molecule has 8 nitrogen and oxygen atoms in total. The Morgan fingerprint density at radius 1 is 0.887 bits per heavy atom. The van der Waals surface area contributed by atoms with Crippen molar-refractivity contribution in [1.29, 1.82) is 0 Å². The summed E-state index contributed by atoms with van der Waals surface area (Å²) in [6.07, 6.45) is -8.02. The van der Waals surface area contributed by atoms with Gasteiger partial charge in [0.25, 0.3) is 5.91 Å². The second-order valence-corrected chi connectivity index (χ2v) is 13.8. The molecule has 0 spiro atoms. The zero-order chi connectivity index (χ0) is 37.9. The Morgan fingerprint density at radius 2 is 1.58 bits per heavy atom. The van der Waals surface area contributed by atoms with Gasteiger partial charge in [0.2, 0.25) is 5.91 Å². The SMILES string of the molecule is CC(C)C(=O)Nc1ccc2nc(-c3cccc(C(F)(F)F)c3)c(CN3CCC(N4CCOCC4)CC3)c(C(=O)NC(c3ccccc3)C(F)(F)F)c2c1. The number of hydrogen-bond acceptors (Lipinski definition) is 6. The highest BCUT2D eigenvalue weighted by atomic mass is 19.4. The van der Waals surface area contributed by atoms with E-state index in [1.807, 2.05) is 0 Å². The maximum atomic E-state index is 14.6. The number of nitrogens with zero attached hydrogens (tertiary/aromatic N) is 3. The van der Waals surface area contributed by atoms with Gasteiger partial charge in [-0.05, 0) is 61.8 Å². The van der Waals surface area contributed by atoms with E-state index in [4.69, 9.17) is 9.72 Å². The van der Waals surface area contributed by atoms with Gasteiger partial charge in [0, 0.05) is 53.8 Å². The predicted molar refractivity (Wildman–Crippen MR) is 189 cm³/mol. The lowest BCUT2D eigenvalue weighted by atomic mass is 9.93. The Bertz CT molecular complexity index is 1920. The number of nitrogens with one attached hydrogen (secondary N) is 2. The first-order valence-electron chi connectivity index (χ1n) is 17.6. The third kappa shape index (κ3) is 8.99. The van der Waals surface area contributed by atoms with Crippen molar-refractivity contribution in [3.05, 3.63) is 95.1 Å². The van der Waals surface area contributed by atoms with Gasteiger partial charge in [-0.3, -0.25) is 19.4 Å². The van der Waals surface area contributed by atoms with Crippen molar-refractivity contribution in [2.75, 3.05) is 44.7 Å². The molecule has 2 amide bonds. The number of halogens is 6. The molecule has 1 atom stereocenters. The lowest BCUT2D eigenvalue weighted by Gasteiger charge is -2.40. The van der Waals surface area contributed by atoms with Crippen LogP contribution in [0.1, 0.15) is 59.8 Å². The van der Waals surface area contributed by atoms with Gasteiger partial charge in [-0.15, -0.1) is 0 Å². The molecule has 0 radical (unpaired) electrons. The van der Waals surface area contributed by atoms with E-state index in [9.17, 15) is 35.9 Å². The highest BCUT2D eigenvalue weighted by Crippen LogP contribution is 2.38. The molecule has 3 heterocycles. The molecule has 14 heteroatoms. The summed E-state index contributed by atoms with van der Waals surface area (Å²) >= 11 is 0. The number of carbonyl (C=O) groups excluding carboxylic acids is 2. The van der Waals surface area contributed by atoms with Gasteiger partial charge in [-0.1, -0.05) is 56.3 Å². The van der Waals surface area contributed by atoms with Gasteiger partial charge in [-0.2, -0.15) is 26.3 Å². The molecular weight excluding hydrogens is 700 g/mol. The third-order valence-corrected chi connectivity index (χ3v) is 9.80. The first kappa shape index (κ1) is 38.2. The van der Waals surface area contributed by atoms with Crippen LogP contribution in [0.4, 0.5) is 32.0 Å². The average Bonchev–Trinajstić information content (AvgIpc) is 3.13. The Labute approximate surface area is 303 Å². The third-order valence-electron chi connectivity index (χ3n) is 9.80. The first-order chi connectivity index (χ1) is 25.2. The lowest BCUT2D eigenvalue weighted by molar-refractivity contribution is -0.155. The highest BCUT2D eigenvalue weighted by molar-refractivity contribution is 6.10. The van der Waals surface area contributed by atoms with E-state index in [2.05, 4.69) is 20.4 Å². The maximum absolute atomic E-state index is 14.6. The molecule has 6 rings (SSSR count). The summed E-state index contributed by atoms with van der Waals surface area (Å²) < 4.78 is 91.4. The van der Waals surface area contributed by atoms with E-state index in [0.717, 1.165) is 38.1 Å². The number of alkyl halides is 6. The Hall–Kier alpha value is -4.53. The number of likely N-dealkylation sites (tertiary alicyclic amines) is 1. The van der Waals surface area contributed by atoms with Crippen molar-refractivity contribution < 1.29 is 40.7 Å². The number of rotatable bonds is 9. The number of morpholine rings is 1. The van der Waals surface area contributed by atoms with Crippen LogP contribution < -0.4 is 10.6 Å². The Morgan fingerprint density at radius 3 is 2.23 bits per heavy atom. The fourth-order valence-corrected chi connectivity index (χ4v) is 6.97. The first-order valence-corrected chi connectivity index (χ1v) is 17.6. The predicted octanol–water partition coefficient (Wildman–Crippen LogP) is 7.85. The second kappa shape index (κ2) is 15.8. The van der Waals surface area contributed by atoms with Crippen LogP contribution in [0.25, 0.3) is 22.2 Å². The van der Waals surface area contributed by atoms with E-state index in [1.165, 1.54) is 54.6 Å². The quantitative estimate of drug-likeness (QED) is 0.170. The normalized spacial score (nSPS) is 17.2.